The van der Waals surface area contributed by atoms with Gasteiger partial charge in [0.1, 0.15) is 5.69 Å². The van der Waals surface area contributed by atoms with E-state index in [4.69, 9.17) is 0 Å². The second-order valence-electron chi connectivity index (χ2n) is 4.26. The first-order chi connectivity index (χ1) is 9.59. The van der Waals surface area contributed by atoms with Crippen LogP contribution >= 0.6 is 0 Å². The van der Waals surface area contributed by atoms with Crippen molar-refractivity contribution in [1.29, 1.82) is 0 Å². The number of carbonyl (C=O) groups excluding carboxylic acids is 1. The van der Waals surface area contributed by atoms with E-state index in [0.29, 0.717) is 0 Å². The molecule has 0 aliphatic carbocycles. The van der Waals surface area contributed by atoms with Crippen molar-refractivity contribution in [2.75, 3.05) is 6.61 Å². The molecule has 0 N–H and O–H groups in total. The maximum atomic E-state index is 12.1. The molecule has 0 radical (unpaired) electrons. The molecule has 20 heavy (non-hydrogen) atoms. The first-order valence-electron chi connectivity index (χ1n) is 6.11. The minimum atomic E-state index is -2.68. The van der Waals surface area contributed by atoms with Gasteiger partial charge in [-0.25, -0.2) is 18.6 Å². The van der Waals surface area contributed by atoms with Crippen molar-refractivity contribution in [3.05, 3.63) is 54.1 Å². The average molecular weight is 280 g/mol. The summed E-state index contributed by atoms with van der Waals surface area (Å²) in [5.41, 5.74) is 1.13. The van der Waals surface area contributed by atoms with Crippen molar-refractivity contribution >= 4 is 5.97 Å². The van der Waals surface area contributed by atoms with Gasteiger partial charge in [-0.2, -0.15) is 0 Å². The third kappa shape index (κ3) is 3.20. The van der Waals surface area contributed by atoms with E-state index in [1.54, 1.807) is 4.57 Å². The van der Waals surface area contributed by atoms with Crippen LogP contribution in [0.5, 0.6) is 0 Å². The van der Waals surface area contributed by atoms with Gasteiger partial charge in [0, 0.05) is 0 Å². The number of alkyl halides is 2. The van der Waals surface area contributed by atoms with Gasteiger partial charge in [-0.1, -0.05) is 30.3 Å². The van der Waals surface area contributed by atoms with Gasteiger partial charge in [0.15, 0.2) is 6.61 Å². The molecule has 0 saturated carbocycles. The average Bonchev–Trinajstić information content (AvgIpc) is 2.94. The highest BCUT2D eigenvalue weighted by molar-refractivity contribution is 5.87. The number of benzene rings is 1. The van der Waals surface area contributed by atoms with Gasteiger partial charge < -0.3 is 9.30 Å². The molecule has 2 rings (SSSR count). The minimum absolute atomic E-state index is 0.146. The summed E-state index contributed by atoms with van der Waals surface area (Å²) in [6, 6.07) is 9.35. The Morgan fingerprint density at radius 1 is 1.35 bits per heavy atom. The predicted octanol–water partition coefficient (Wildman–Crippen LogP) is 2.91. The van der Waals surface area contributed by atoms with Crippen LogP contribution < -0.4 is 0 Å². The van der Waals surface area contributed by atoms with Gasteiger partial charge >= 0.3 is 5.97 Å². The summed E-state index contributed by atoms with van der Waals surface area (Å²) in [5, 5.41) is 0. The van der Waals surface area contributed by atoms with Gasteiger partial charge in [0.05, 0.1) is 18.6 Å². The van der Waals surface area contributed by atoms with E-state index in [0.717, 1.165) is 5.56 Å². The third-order valence-electron chi connectivity index (χ3n) is 2.91. The van der Waals surface area contributed by atoms with E-state index in [9.17, 15) is 13.6 Å². The zero-order valence-corrected chi connectivity index (χ0v) is 10.9. The predicted molar refractivity (Wildman–Crippen MR) is 68.8 cm³/mol. The molecule has 0 fully saturated rings. The van der Waals surface area contributed by atoms with Crippen LogP contribution in [0.3, 0.4) is 0 Å². The number of rotatable bonds is 5. The van der Waals surface area contributed by atoms with E-state index in [1.807, 2.05) is 37.3 Å². The molecule has 1 aromatic heterocycles. The lowest BCUT2D eigenvalue weighted by molar-refractivity contribution is 0.0149. The summed E-state index contributed by atoms with van der Waals surface area (Å²) in [6.45, 7) is 0.977. The first-order valence-corrected chi connectivity index (χ1v) is 6.11. The molecule has 0 aliphatic heterocycles. The molecule has 0 spiro atoms. The maximum absolute atomic E-state index is 12.1. The van der Waals surface area contributed by atoms with Crippen molar-refractivity contribution in [1.82, 2.24) is 9.55 Å². The largest absolute Gasteiger partial charge is 0.455 e. The number of imidazole rings is 1. The fourth-order valence-corrected chi connectivity index (χ4v) is 1.88. The molecule has 4 nitrogen and oxygen atoms in total. The van der Waals surface area contributed by atoms with E-state index < -0.39 is 19.0 Å². The number of carbonyl (C=O) groups is 1. The highest BCUT2D eigenvalue weighted by atomic mass is 19.3. The molecule has 106 valence electrons. The lowest BCUT2D eigenvalue weighted by atomic mass is 10.1. The minimum Gasteiger partial charge on any atom is -0.455 e. The molecule has 0 aliphatic rings. The highest BCUT2D eigenvalue weighted by Gasteiger charge is 2.19. The molecular formula is C14H14F2N2O2. The van der Waals surface area contributed by atoms with Gasteiger partial charge in [-0.3, -0.25) is 0 Å². The van der Waals surface area contributed by atoms with Crippen LogP contribution in [0.4, 0.5) is 8.78 Å². The summed E-state index contributed by atoms with van der Waals surface area (Å²) in [6.07, 6.45) is 0.117. The maximum Gasteiger partial charge on any atom is 0.356 e. The monoisotopic (exact) mass is 280 g/mol. The van der Waals surface area contributed by atoms with Crippen LogP contribution in [0, 0.1) is 0 Å². The van der Waals surface area contributed by atoms with Crippen molar-refractivity contribution in [3.8, 4) is 0 Å². The number of halogens is 2. The lowest BCUT2D eigenvalue weighted by Gasteiger charge is -2.16. The quantitative estimate of drug-likeness (QED) is 0.791. The Hall–Kier alpha value is -2.24. The first kappa shape index (κ1) is 14.2. The fourth-order valence-electron chi connectivity index (χ4n) is 1.88. The molecular weight excluding hydrogens is 266 g/mol. The molecule has 1 unspecified atom stereocenters. The van der Waals surface area contributed by atoms with Crippen LogP contribution in [-0.4, -0.2) is 28.6 Å². The highest BCUT2D eigenvalue weighted by Crippen LogP contribution is 2.19. The van der Waals surface area contributed by atoms with E-state index in [-0.39, 0.29) is 11.7 Å². The number of esters is 1. The number of hydrogen-bond donors (Lipinski definition) is 0. The Morgan fingerprint density at radius 2 is 2.05 bits per heavy atom. The Bertz CT molecular complexity index is 570. The smallest absolute Gasteiger partial charge is 0.356 e. The molecule has 1 heterocycles. The summed E-state index contributed by atoms with van der Waals surface area (Å²) in [5.74, 6) is -0.800. The summed E-state index contributed by atoms with van der Waals surface area (Å²) in [4.78, 5) is 15.6. The lowest BCUT2D eigenvalue weighted by Crippen LogP contribution is -2.17. The van der Waals surface area contributed by atoms with Crippen LogP contribution in [0.1, 0.15) is 29.0 Å². The van der Waals surface area contributed by atoms with Gasteiger partial charge in [0.25, 0.3) is 6.43 Å². The van der Waals surface area contributed by atoms with Crippen LogP contribution in [0.15, 0.2) is 42.9 Å². The van der Waals surface area contributed by atoms with Crippen molar-refractivity contribution in [2.24, 2.45) is 0 Å². The van der Waals surface area contributed by atoms with Gasteiger partial charge in [0.2, 0.25) is 0 Å². The summed E-state index contributed by atoms with van der Waals surface area (Å²) >= 11 is 0. The van der Waals surface area contributed by atoms with Crippen LogP contribution in [0.2, 0.25) is 0 Å². The Morgan fingerprint density at radius 3 is 2.70 bits per heavy atom. The third-order valence-corrected chi connectivity index (χ3v) is 2.91. The molecule has 0 amide bonds. The molecule has 0 bridgehead atoms. The molecule has 2 aromatic rings. The Kier molecular flexibility index (Phi) is 4.45. The summed E-state index contributed by atoms with van der Waals surface area (Å²) in [7, 11) is 0. The second kappa shape index (κ2) is 6.27. The Balaban J connectivity index is 2.18. The summed E-state index contributed by atoms with van der Waals surface area (Å²) < 4.78 is 30.2. The fraction of sp³-hybridized carbons (Fsp3) is 0.286. The zero-order valence-electron chi connectivity index (χ0n) is 10.9. The van der Waals surface area contributed by atoms with Crippen molar-refractivity contribution in [2.45, 2.75) is 19.4 Å². The number of hydrogen-bond acceptors (Lipinski definition) is 3. The standard InChI is InChI=1S/C14H14F2N2O2/c1-10(11-5-3-2-4-6-11)18-9-17-7-12(18)14(19)20-8-13(15)16/h2-7,9-10,13H,8H2,1H3. The van der Waals surface area contributed by atoms with Crippen molar-refractivity contribution < 1.29 is 18.3 Å². The topological polar surface area (TPSA) is 44.1 Å². The molecule has 1 aromatic carbocycles. The normalized spacial score (nSPS) is 12.4. The van der Waals surface area contributed by atoms with E-state index in [1.165, 1.54) is 12.5 Å². The van der Waals surface area contributed by atoms with Gasteiger partial charge in [-0.15, -0.1) is 0 Å². The SMILES string of the molecule is CC(c1ccccc1)n1cncc1C(=O)OCC(F)F. The Labute approximate surface area is 115 Å². The number of ether oxygens (including phenoxy) is 1. The molecule has 0 saturated heterocycles. The van der Waals surface area contributed by atoms with E-state index >= 15 is 0 Å². The number of aromatic nitrogens is 2. The molecule has 6 heteroatoms. The van der Waals surface area contributed by atoms with Crippen molar-refractivity contribution in [3.63, 3.8) is 0 Å². The molecule has 1 atom stereocenters. The zero-order chi connectivity index (χ0) is 14.5. The van der Waals surface area contributed by atoms with E-state index in [2.05, 4.69) is 9.72 Å². The van der Waals surface area contributed by atoms with Crippen LogP contribution in [-0.2, 0) is 4.74 Å². The van der Waals surface area contributed by atoms with Gasteiger partial charge in [-0.05, 0) is 12.5 Å². The number of nitrogens with zero attached hydrogens (tertiary/aromatic N) is 2. The van der Waals surface area contributed by atoms with Crippen LogP contribution in [0.25, 0.3) is 0 Å². The second-order valence-corrected chi connectivity index (χ2v) is 4.26.